The SMILES string of the molecule is CC.COC1Cc2sc(CO)cc2C2(CCN(Cc3ccccc3)CC2)C1. The van der Waals surface area contributed by atoms with Gasteiger partial charge in [-0.05, 0) is 49.5 Å². The Morgan fingerprint density at radius 1 is 1.19 bits per heavy atom. The quantitative estimate of drug-likeness (QED) is 0.821. The summed E-state index contributed by atoms with van der Waals surface area (Å²) in [6.07, 6.45) is 4.82. The van der Waals surface area contributed by atoms with E-state index in [-0.39, 0.29) is 12.0 Å². The molecule has 1 spiro atoms. The molecule has 4 heteroatoms. The average Bonchev–Trinajstić information content (AvgIpc) is 3.16. The van der Waals surface area contributed by atoms with Crippen LogP contribution < -0.4 is 0 Å². The van der Waals surface area contributed by atoms with E-state index in [0.717, 1.165) is 37.4 Å². The van der Waals surface area contributed by atoms with Gasteiger partial charge in [0.2, 0.25) is 0 Å². The summed E-state index contributed by atoms with van der Waals surface area (Å²) < 4.78 is 5.77. The summed E-state index contributed by atoms with van der Waals surface area (Å²) in [6, 6.07) is 13.0. The molecule has 27 heavy (non-hydrogen) atoms. The highest BCUT2D eigenvalue weighted by Gasteiger charge is 2.43. The van der Waals surface area contributed by atoms with E-state index >= 15 is 0 Å². The Kier molecular flexibility index (Phi) is 7.10. The number of ether oxygens (including phenoxy) is 1. The minimum atomic E-state index is 0.158. The molecule has 2 aliphatic rings. The third kappa shape index (κ3) is 4.45. The lowest BCUT2D eigenvalue weighted by atomic mass is 9.66. The van der Waals surface area contributed by atoms with Crippen LogP contribution in [0.3, 0.4) is 0 Å². The smallest absolute Gasteiger partial charge is 0.0774 e. The Balaban J connectivity index is 0.00000102. The maximum atomic E-state index is 9.57. The number of hydrogen-bond donors (Lipinski definition) is 1. The van der Waals surface area contributed by atoms with Crippen LogP contribution in [0.4, 0.5) is 0 Å². The van der Waals surface area contributed by atoms with Crippen LogP contribution in [0.15, 0.2) is 36.4 Å². The molecule has 1 atom stereocenters. The van der Waals surface area contributed by atoms with Crippen molar-refractivity contribution in [3.63, 3.8) is 0 Å². The number of thiophene rings is 1. The third-order valence-corrected chi connectivity index (χ3v) is 7.16. The van der Waals surface area contributed by atoms with Gasteiger partial charge in [-0.1, -0.05) is 44.2 Å². The van der Waals surface area contributed by atoms with E-state index in [2.05, 4.69) is 41.3 Å². The Hall–Kier alpha value is -1.20. The minimum absolute atomic E-state index is 0.158. The van der Waals surface area contributed by atoms with E-state index in [9.17, 15) is 5.11 Å². The normalized spacial score (nSPS) is 21.4. The molecular formula is C23H33NO2S. The summed E-state index contributed by atoms with van der Waals surface area (Å²) >= 11 is 1.78. The number of piperidine rings is 1. The first kappa shape index (κ1) is 20.5. The van der Waals surface area contributed by atoms with Crippen molar-refractivity contribution in [3.05, 3.63) is 57.3 Å². The van der Waals surface area contributed by atoms with Gasteiger partial charge in [0.1, 0.15) is 0 Å². The number of fused-ring (bicyclic) bond motifs is 2. The molecule has 1 saturated heterocycles. The molecular weight excluding hydrogens is 354 g/mol. The number of rotatable bonds is 4. The number of benzene rings is 1. The molecule has 1 unspecified atom stereocenters. The van der Waals surface area contributed by atoms with Crippen molar-refractivity contribution in [1.82, 2.24) is 4.90 Å². The zero-order valence-electron chi connectivity index (χ0n) is 16.9. The topological polar surface area (TPSA) is 32.7 Å². The molecule has 1 aliphatic heterocycles. The molecule has 1 aromatic carbocycles. The monoisotopic (exact) mass is 387 g/mol. The van der Waals surface area contributed by atoms with E-state index in [1.807, 2.05) is 21.0 Å². The molecule has 1 aromatic heterocycles. The fourth-order valence-electron chi connectivity index (χ4n) is 4.61. The summed E-state index contributed by atoms with van der Waals surface area (Å²) in [5, 5.41) is 9.57. The van der Waals surface area contributed by atoms with Gasteiger partial charge in [0, 0.05) is 35.2 Å². The van der Waals surface area contributed by atoms with Crippen molar-refractivity contribution >= 4 is 11.3 Å². The zero-order valence-corrected chi connectivity index (χ0v) is 17.7. The summed E-state index contributed by atoms with van der Waals surface area (Å²) in [4.78, 5) is 5.13. The molecule has 3 nitrogen and oxygen atoms in total. The van der Waals surface area contributed by atoms with Crippen molar-refractivity contribution in [1.29, 1.82) is 0 Å². The molecule has 2 aromatic rings. The molecule has 0 bridgehead atoms. The molecule has 1 fully saturated rings. The van der Waals surface area contributed by atoms with Crippen LogP contribution in [0.5, 0.6) is 0 Å². The lowest BCUT2D eigenvalue weighted by Gasteiger charge is -2.46. The molecule has 0 saturated carbocycles. The van der Waals surface area contributed by atoms with Gasteiger partial charge >= 0.3 is 0 Å². The number of nitrogens with zero attached hydrogens (tertiary/aromatic N) is 1. The molecule has 0 amide bonds. The van der Waals surface area contributed by atoms with Gasteiger partial charge in [0.15, 0.2) is 0 Å². The minimum Gasteiger partial charge on any atom is -0.391 e. The number of likely N-dealkylation sites (tertiary alicyclic amines) is 1. The van der Waals surface area contributed by atoms with Crippen LogP contribution >= 0.6 is 11.3 Å². The first-order valence-electron chi connectivity index (χ1n) is 10.2. The van der Waals surface area contributed by atoms with Crippen molar-refractivity contribution in [3.8, 4) is 0 Å². The van der Waals surface area contributed by atoms with E-state index in [1.54, 1.807) is 11.3 Å². The molecule has 4 rings (SSSR count). The highest BCUT2D eigenvalue weighted by molar-refractivity contribution is 7.12. The summed E-state index contributed by atoms with van der Waals surface area (Å²) in [5.74, 6) is 0. The largest absolute Gasteiger partial charge is 0.391 e. The van der Waals surface area contributed by atoms with Gasteiger partial charge in [-0.2, -0.15) is 0 Å². The fraction of sp³-hybridized carbons (Fsp3) is 0.565. The summed E-state index contributed by atoms with van der Waals surface area (Å²) in [6.45, 7) is 7.47. The lowest BCUT2D eigenvalue weighted by Crippen LogP contribution is -2.46. The summed E-state index contributed by atoms with van der Waals surface area (Å²) in [5.41, 5.74) is 3.15. The van der Waals surface area contributed by atoms with Gasteiger partial charge in [0.05, 0.1) is 12.7 Å². The van der Waals surface area contributed by atoms with Crippen molar-refractivity contribution in [2.75, 3.05) is 20.2 Å². The predicted octanol–water partition coefficient (Wildman–Crippen LogP) is 4.76. The Bertz CT molecular complexity index is 704. The highest BCUT2D eigenvalue weighted by atomic mass is 32.1. The van der Waals surface area contributed by atoms with Gasteiger partial charge < -0.3 is 9.84 Å². The first-order chi connectivity index (χ1) is 13.2. The molecule has 1 N–H and O–H groups in total. The van der Waals surface area contributed by atoms with E-state index in [1.165, 1.54) is 28.8 Å². The van der Waals surface area contributed by atoms with Crippen LogP contribution in [-0.2, 0) is 29.7 Å². The molecule has 148 valence electrons. The van der Waals surface area contributed by atoms with E-state index in [4.69, 9.17) is 4.74 Å². The summed E-state index contributed by atoms with van der Waals surface area (Å²) in [7, 11) is 1.84. The van der Waals surface area contributed by atoms with Crippen LogP contribution in [-0.4, -0.2) is 36.3 Å². The average molecular weight is 388 g/mol. The van der Waals surface area contributed by atoms with Crippen molar-refractivity contribution in [2.45, 2.75) is 64.2 Å². The van der Waals surface area contributed by atoms with Gasteiger partial charge in [0.25, 0.3) is 0 Å². The maximum absolute atomic E-state index is 9.57. The molecule has 2 heterocycles. The van der Waals surface area contributed by atoms with Gasteiger partial charge in [-0.15, -0.1) is 11.3 Å². The van der Waals surface area contributed by atoms with Crippen LogP contribution in [0, 0.1) is 0 Å². The molecule has 1 aliphatic carbocycles. The second-order valence-electron chi connectivity index (χ2n) is 7.52. The fourth-order valence-corrected chi connectivity index (χ4v) is 5.82. The Labute approximate surface area is 168 Å². The van der Waals surface area contributed by atoms with Crippen molar-refractivity contribution in [2.24, 2.45) is 0 Å². The number of hydrogen-bond acceptors (Lipinski definition) is 4. The Morgan fingerprint density at radius 2 is 1.89 bits per heavy atom. The highest BCUT2D eigenvalue weighted by Crippen LogP contribution is 2.48. The van der Waals surface area contributed by atoms with Crippen LogP contribution in [0.25, 0.3) is 0 Å². The van der Waals surface area contributed by atoms with E-state index in [0.29, 0.717) is 6.10 Å². The number of aliphatic hydroxyl groups excluding tert-OH is 1. The third-order valence-electron chi connectivity index (χ3n) is 6.01. The maximum Gasteiger partial charge on any atom is 0.0774 e. The first-order valence-corrected chi connectivity index (χ1v) is 11.1. The Morgan fingerprint density at radius 3 is 2.52 bits per heavy atom. The van der Waals surface area contributed by atoms with Gasteiger partial charge in [-0.25, -0.2) is 0 Å². The standard InChI is InChI=1S/C21H27NO2S.C2H6/c1-24-17-11-20-19(12-18(15-23)25-20)21(13-17)7-9-22(10-8-21)14-16-5-3-2-4-6-16;1-2/h2-6,12,17,23H,7-11,13-15H2,1H3;1-2H3. The van der Waals surface area contributed by atoms with E-state index < -0.39 is 0 Å². The van der Waals surface area contributed by atoms with Crippen LogP contribution in [0.2, 0.25) is 0 Å². The number of methoxy groups -OCH3 is 1. The predicted molar refractivity (Wildman–Crippen MR) is 113 cm³/mol. The molecule has 0 radical (unpaired) electrons. The van der Waals surface area contributed by atoms with Crippen molar-refractivity contribution < 1.29 is 9.84 Å². The zero-order chi connectivity index (χ0) is 19.3. The van der Waals surface area contributed by atoms with Crippen LogP contribution in [0.1, 0.15) is 54.0 Å². The lowest BCUT2D eigenvalue weighted by molar-refractivity contribution is 0.0406. The number of aliphatic hydroxyl groups is 1. The second kappa shape index (κ2) is 9.33. The second-order valence-corrected chi connectivity index (χ2v) is 8.74. The van der Waals surface area contributed by atoms with Gasteiger partial charge in [-0.3, -0.25) is 4.90 Å².